The summed E-state index contributed by atoms with van der Waals surface area (Å²) >= 11 is 1.23. The van der Waals surface area contributed by atoms with E-state index in [1.807, 2.05) is 6.92 Å². The Balaban J connectivity index is 1.63. The summed E-state index contributed by atoms with van der Waals surface area (Å²) in [5, 5.41) is 0. The maximum absolute atomic E-state index is 12.4. The van der Waals surface area contributed by atoms with Crippen LogP contribution in [0.5, 0.6) is 5.75 Å². The van der Waals surface area contributed by atoms with Gasteiger partial charge in [0.25, 0.3) is 0 Å². The van der Waals surface area contributed by atoms with Crippen LogP contribution in [0, 0.1) is 0 Å². The molecule has 27 heavy (non-hydrogen) atoms. The Morgan fingerprint density at radius 1 is 1.15 bits per heavy atom. The molecule has 0 bridgehead atoms. The largest absolute Gasteiger partial charge is 0.494 e. The standard InChI is InChI=1S/C19H19NO5S2/c1-2-11-24-14-5-8-16(9-6-14)27(22,23)20-13-15-7-10-18(26-15)19(21)17-4-3-12-25-17/h3-10,12,20H,2,11,13H2,1H3. The molecule has 1 aromatic carbocycles. The van der Waals surface area contributed by atoms with Gasteiger partial charge in [0.15, 0.2) is 5.76 Å². The van der Waals surface area contributed by atoms with Crippen molar-refractivity contribution in [2.45, 2.75) is 24.8 Å². The zero-order chi connectivity index (χ0) is 19.3. The molecular formula is C19H19NO5S2. The Labute approximate surface area is 161 Å². The number of carbonyl (C=O) groups is 1. The molecule has 0 radical (unpaired) electrons. The van der Waals surface area contributed by atoms with Crippen molar-refractivity contribution in [1.82, 2.24) is 4.72 Å². The van der Waals surface area contributed by atoms with E-state index >= 15 is 0 Å². The van der Waals surface area contributed by atoms with Gasteiger partial charge in [0.1, 0.15) is 5.75 Å². The van der Waals surface area contributed by atoms with Crippen LogP contribution in [0.3, 0.4) is 0 Å². The number of ketones is 1. The minimum Gasteiger partial charge on any atom is -0.494 e. The number of hydrogen-bond acceptors (Lipinski definition) is 6. The van der Waals surface area contributed by atoms with Crippen LogP contribution >= 0.6 is 11.3 Å². The third-order valence-corrected chi connectivity index (χ3v) is 6.17. The first-order chi connectivity index (χ1) is 13.0. The number of sulfonamides is 1. The molecule has 2 aromatic heterocycles. The fourth-order valence-electron chi connectivity index (χ4n) is 2.31. The summed E-state index contributed by atoms with van der Waals surface area (Å²) in [4.78, 5) is 13.6. The van der Waals surface area contributed by atoms with E-state index in [1.54, 1.807) is 36.4 Å². The lowest BCUT2D eigenvalue weighted by molar-refractivity contribution is 0.101. The van der Waals surface area contributed by atoms with Crippen molar-refractivity contribution >= 4 is 27.1 Å². The van der Waals surface area contributed by atoms with Crippen LogP contribution in [0.25, 0.3) is 0 Å². The predicted octanol–water partition coefficient (Wildman–Crippen LogP) is 3.84. The van der Waals surface area contributed by atoms with Crippen molar-refractivity contribution in [1.29, 1.82) is 0 Å². The molecule has 0 aliphatic carbocycles. The maximum Gasteiger partial charge on any atom is 0.240 e. The topological polar surface area (TPSA) is 85.6 Å². The van der Waals surface area contributed by atoms with Gasteiger partial charge in [0, 0.05) is 11.4 Å². The second kappa shape index (κ2) is 8.51. The number of furan rings is 1. The third-order valence-electron chi connectivity index (χ3n) is 3.67. The highest BCUT2D eigenvalue weighted by Gasteiger charge is 2.17. The molecule has 1 N–H and O–H groups in total. The third kappa shape index (κ3) is 4.85. The Hall–Kier alpha value is -2.42. The van der Waals surface area contributed by atoms with E-state index in [9.17, 15) is 13.2 Å². The zero-order valence-corrected chi connectivity index (χ0v) is 16.3. The molecule has 0 saturated heterocycles. The van der Waals surface area contributed by atoms with E-state index in [2.05, 4.69) is 4.72 Å². The normalized spacial score (nSPS) is 11.4. The molecule has 6 nitrogen and oxygen atoms in total. The number of nitrogens with one attached hydrogen (secondary N) is 1. The Morgan fingerprint density at radius 2 is 1.93 bits per heavy atom. The smallest absolute Gasteiger partial charge is 0.240 e. The number of benzene rings is 1. The molecule has 0 saturated carbocycles. The summed E-state index contributed by atoms with van der Waals surface area (Å²) in [6.07, 6.45) is 2.32. The SMILES string of the molecule is CCCOc1ccc(S(=O)(=O)NCc2ccc(C(=O)c3ccco3)s2)cc1. The number of carbonyl (C=O) groups excluding carboxylic acids is 1. The highest BCUT2D eigenvalue weighted by molar-refractivity contribution is 7.89. The molecule has 0 aliphatic rings. The van der Waals surface area contributed by atoms with E-state index in [0.717, 1.165) is 11.3 Å². The Morgan fingerprint density at radius 3 is 2.59 bits per heavy atom. The van der Waals surface area contributed by atoms with E-state index in [0.29, 0.717) is 17.2 Å². The highest BCUT2D eigenvalue weighted by atomic mass is 32.2. The average Bonchev–Trinajstić information content (AvgIpc) is 3.36. The molecule has 0 amide bonds. The van der Waals surface area contributed by atoms with Crippen molar-refractivity contribution in [2.24, 2.45) is 0 Å². The number of thiophene rings is 1. The molecule has 142 valence electrons. The van der Waals surface area contributed by atoms with Gasteiger partial charge in [-0.2, -0.15) is 0 Å². The van der Waals surface area contributed by atoms with Gasteiger partial charge in [0.2, 0.25) is 15.8 Å². The quantitative estimate of drug-likeness (QED) is 0.547. The highest BCUT2D eigenvalue weighted by Crippen LogP contribution is 2.21. The van der Waals surface area contributed by atoms with Gasteiger partial charge in [-0.25, -0.2) is 13.1 Å². The Kier molecular flexibility index (Phi) is 6.10. The monoisotopic (exact) mass is 405 g/mol. The maximum atomic E-state index is 12.4. The van der Waals surface area contributed by atoms with E-state index in [1.165, 1.54) is 29.7 Å². The molecule has 3 aromatic rings. The fourth-order valence-corrected chi connectivity index (χ4v) is 4.30. The minimum atomic E-state index is -3.65. The number of hydrogen-bond donors (Lipinski definition) is 1. The van der Waals surface area contributed by atoms with Gasteiger partial charge in [-0.05, 0) is 55.0 Å². The Bertz CT molecular complexity index is 989. The number of ether oxygens (including phenoxy) is 1. The molecule has 0 atom stereocenters. The van der Waals surface area contributed by atoms with Crippen LogP contribution in [-0.4, -0.2) is 20.8 Å². The summed E-state index contributed by atoms with van der Waals surface area (Å²) in [5.41, 5.74) is 0. The fraction of sp³-hybridized carbons (Fsp3) is 0.211. The van der Waals surface area contributed by atoms with E-state index in [-0.39, 0.29) is 23.0 Å². The first kappa shape index (κ1) is 19.3. The molecule has 2 heterocycles. The predicted molar refractivity (Wildman–Crippen MR) is 103 cm³/mol. The summed E-state index contributed by atoms with van der Waals surface area (Å²) < 4.78 is 38.0. The van der Waals surface area contributed by atoms with Crippen LogP contribution in [0.1, 0.15) is 33.7 Å². The van der Waals surface area contributed by atoms with Crippen LogP contribution in [0.4, 0.5) is 0 Å². The van der Waals surface area contributed by atoms with Gasteiger partial charge in [0.05, 0.1) is 22.6 Å². The summed E-state index contributed by atoms with van der Waals surface area (Å²) in [5.74, 6) is 0.672. The van der Waals surface area contributed by atoms with Gasteiger partial charge >= 0.3 is 0 Å². The van der Waals surface area contributed by atoms with Crippen molar-refractivity contribution in [2.75, 3.05) is 6.61 Å². The second-order valence-electron chi connectivity index (χ2n) is 5.72. The molecule has 0 aliphatic heterocycles. The number of rotatable bonds is 9. The zero-order valence-electron chi connectivity index (χ0n) is 14.7. The molecule has 0 unspecified atom stereocenters. The minimum absolute atomic E-state index is 0.104. The first-order valence-corrected chi connectivity index (χ1v) is 10.7. The van der Waals surface area contributed by atoms with Crippen LogP contribution in [0.2, 0.25) is 0 Å². The van der Waals surface area contributed by atoms with Crippen LogP contribution < -0.4 is 9.46 Å². The van der Waals surface area contributed by atoms with Crippen molar-refractivity contribution < 1.29 is 22.4 Å². The van der Waals surface area contributed by atoms with Crippen molar-refractivity contribution in [3.63, 3.8) is 0 Å². The van der Waals surface area contributed by atoms with Gasteiger partial charge < -0.3 is 9.15 Å². The molecule has 3 rings (SSSR count). The lowest BCUT2D eigenvalue weighted by Crippen LogP contribution is -2.22. The van der Waals surface area contributed by atoms with E-state index < -0.39 is 10.0 Å². The summed E-state index contributed by atoms with van der Waals surface area (Å²) in [6, 6.07) is 12.9. The first-order valence-electron chi connectivity index (χ1n) is 8.39. The van der Waals surface area contributed by atoms with Crippen LogP contribution in [-0.2, 0) is 16.6 Å². The van der Waals surface area contributed by atoms with Gasteiger partial charge in [-0.1, -0.05) is 6.92 Å². The second-order valence-corrected chi connectivity index (χ2v) is 8.65. The molecule has 0 fully saturated rings. The van der Waals surface area contributed by atoms with Gasteiger partial charge in [-0.3, -0.25) is 4.79 Å². The lowest BCUT2D eigenvalue weighted by Gasteiger charge is -2.08. The average molecular weight is 405 g/mol. The van der Waals surface area contributed by atoms with E-state index in [4.69, 9.17) is 9.15 Å². The lowest BCUT2D eigenvalue weighted by atomic mass is 10.2. The molecule has 0 spiro atoms. The van der Waals surface area contributed by atoms with Crippen molar-refractivity contribution in [3.05, 3.63) is 70.3 Å². The molecular weight excluding hydrogens is 386 g/mol. The summed E-state index contributed by atoms with van der Waals surface area (Å²) in [6.45, 7) is 2.69. The van der Waals surface area contributed by atoms with Crippen LogP contribution in [0.15, 0.2) is 64.1 Å². The summed E-state index contributed by atoms with van der Waals surface area (Å²) in [7, 11) is -3.65. The van der Waals surface area contributed by atoms with Crippen molar-refractivity contribution in [3.8, 4) is 5.75 Å². The van der Waals surface area contributed by atoms with Gasteiger partial charge in [-0.15, -0.1) is 11.3 Å². The molecule has 8 heteroatoms.